The highest BCUT2D eigenvalue weighted by molar-refractivity contribution is 7.08. The molecule has 0 aliphatic carbocycles. The van der Waals surface area contributed by atoms with Gasteiger partial charge < -0.3 is 4.90 Å². The summed E-state index contributed by atoms with van der Waals surface area (Å²) in [5, 5.41) is 12.6. The van der Waals surface area contributed by atoms with E-state index in [9.17, 15) is 4.79 Å². The molecule has 0 saturated carbocycles. The molecule has 1 amide bonds. The van der Waals surface area contributed by atoms with Crippen molar-refractivity contribution in [2.24, 2.45) is 0 Å². The second kappa shape index (κ2) is 6.57. The number of thiophene rings is 1. The average Bonchev–Trinajstić information content (AvgIpc) is 3.35. The molecule has 1 saturated heterocycles. The van der Waals surface area contributed by atoms with Gasteiger partial charge in [0, 0.05) is 18.7 Å². The predicted molar refractivity (Wildman–Crippen MR) is 94.0 cm³/mol. The fraction of sp³-hybridized carbons (Fsp3) is 0.278. The second-order valence-corrected chi connectivity index (χ2v) is 6.74. The minimum Gasteiger partial charge on any atom is -0.338 e. The molecular weight excluding hydrogens is 320 g/mol. The van der Waals surface area contributed by atoms with Gasteiger partial charge in [0.2, 0.25) is 0 Å². The van der Waals surface area contributed by atoms with Gasteiger partial charge >= 0.3 is 0 Å². The molecule has 1 aliphatic rings. The van der Waals surface area contributed by atoms with Crippen molar-refractivity contribution in [3.05, 3.63) is 59.0 Å². The first kappa shape index (κ1) is 15.1. The Labute approximate surface area is 144 Å². The lowest BCUT2D eigenvalue weighted by atomic mass is 10.0. The monoisotopic (exact) mass is 338 g/mol. The minimum atomic E-state index is 0.110. The molecule has 1 fully saturated rings. The fourth-order valence-corrected chi connectivity index (χ4v) is 3.80. The molecule has 24 heavy (non-hydrogen) atoms. The van der Waals surface area contributed by atoms with Crippen molar-refractivity contribution in [3.8, 4) is 11.1 Å². The van der Waals surface area contributed by atoms with E-state index in [-0.39, 0.29) is 5.91 Å². The van der Waals surface area contributed by atoms with Crippen molar-refractivity contribution in [2.75, 3.05) is 13.1 Å². The van der Waals surface area contributed by atoms with E-state index in [0.717, 1.165) is 37.1 Å². The van der Waals surface area contributed by atoms with Crippen LogP contribution in [0.5, 0.6) is 0 Å². The number of benzene rings is 1. The predicted octanol–water partition coefficient (Wildman–Crippen LogP) is 3.48. The lowest BCUT2D eigenvalue weighted by Crippen LogP contribution is -2.39. The van der Waals surface area contributed by atoms with Crippen molar-refractivity contribution < 1.29 is 4.79 Å². The van der Waals surface area contributed by atoms with Crippen LogP contribution in [0.15, 0.2) is 53.5 Å². The number of carbonyl (C=O) groups is 1. The lowest BCUT2D eigenvalue weighted by molar-refractivity contribution is 0.0684. The third kappa shape index (κ3) is 2.97. The standard InChI is InChI=1S/C18H18N4OS/c23-18(15-3-1-14(2-4-15)16-7-12-24-13-16)21-10-5-17(6-11-21)22-19-8-9-20-22/h1-4,7-9,12-13,17H,5-6,10-11H2. The first-order chi connectivity index (χ1) is 11.8. The zero-order valence-electron chi connectivity index (χ0n) is 13.2. The molecule has 0 spiro atoms. The number of hydrogen-bond acceptors (Lipinski definition) is 4. The highest BCUT2D eigenvalue weighted by Gasteiger charge is 2.25. The number of likely N-dealkylation sites (tertiary alicyclic amines) is 1. The van der Waals surface area contributed by atoms with E-state index < -0.39 is 0 Å². The molecule has 1 aromatic carbocycles. The van der Waals surface area contributed by atoms with Crippen molar-refractivity contribution in [1.29, 1.82) is 0 Å². The molecule has 0 bridgehead atoms. The van der Waals surface area contributed by atoms with Crippen molar-refractivity contribution in [1.82, 2.24) is 19.9 Å². The van der Waals surface area contributed by atoms with Crippen LogP contribution in [0.4, 0.5) is 0 Å². The summed E-state index contributed by atoms with van der Waals surface area (Å²) in [5.74, 6) is 0.110. The van der Waals surface area contributed by atoms with Crippen molar-refractivity contribution in [2.45, 2.75) is 18.9 Å². The number of piperidine rings is 1. The van der Waals surface area contributed by atoms with E-state index in [1.54, 1.807) is 28.5 Å². The normalized spacial score (nSPS) is 15.6. The largest absolute Gasteiger partial charge is 0.338 e. The van der Waals surface area contributed by atoms with Crippen LogP contribution >= 0.6 is 11.3 Å². The van der Waals surface area contributed by atoms with Crippen LogP contribution in [0.25, 0.3) is 11.1 Å². The van der Waals surface area contributed by atoms with Gasteiger partial charge in [-0.25, -0.2) is 0 Å². The summed E-state index contributed by atoms with van der Waals surface area (Å²) in [6, 6.07) is 10.3. The summed E-state index contributed by atoms with van der Waals surface area (Å²) in [6.45, 7) is 1.49. The van der Waals surface area contributed by atoms with Crippen LogP contribution in [0.1, 0.15) is 29.2 Å². The van der Waals surface area contributed by atoms with Gasteiger partial charge in [0.05, 0.1) is 18.4 Å². The summed E-state index contributed by atoms with van der Waals surface area (Å²) in [7, 11) is 0. The van der Waals surface area contributed by atoms with Crippen LogP contribution in [-0.2, 0) is 0 Å². The molecule has 122 valence electrons. The summed E-state index contributed by atoms with van der Waals surface area (Å²) in [4.78, 5) is 16.4. The van der Waals surface area contributed by atoms with Gasteiger partial charge in [-0.3, -0.25) is 4.79 Å². The van der Waals surface area contributed by atoms with Gasteiger partial charge in [0.15, 0.2) is 0 Å². The molecule has 0 unspecified atom stereocenters. The van der Waals surface area contributed by atoms with Gasteiger partial charge in [-0.15, -0.1) is 0 Å². The number of hydrogen-bond donors (Lipinski definition) is 0. The second-order valence-electron chi connectivity index (χ2n) is 5.96. The van der Waals surface area contributed by atoms with Crippen molar-refractivity contribution >= 4 is 17.2 Å². The SMILES string of the molecule is O=C(c1ccc(-c2ccsc2)cc1)N1CCC(n2nccn2)CC1. The molecule has 2 aromatic heterocycles. The number of aromatic nitrogens is 3. The number of carbonyl (C=O) groups excluding carboxylic acids is 1. The van der Waals surface area contributed by atoms with Gasteiger partial charge in [0.1, 0.15) is 0 Å². The van der Waals surface area contributed by atoms with Gasteiger partial charge in [-0.2, -0.15) is 26.3 Å². The average molecular weight is 338 g/mol. The van der Waals surface area contributed by atoms with E-state index in [0.29, 0.717) is 6.04 Å². The van der Waals surface area contributed by atoms with Crippen LogP contribution in [0.2, 0.25) is 0 Å². The van der Waals surface area contributed by atoms with E-state index in [1.165, 1.54) is 5.56 Å². The molecule has 0 atom stereocenters. The maximum absolute atomic E-state index is 12.7. The summed E-state index contributed by atoms with van der Waals surface area (Å²) in [6.07, 6.45) is 5.19. The maximum atomic E-state index is 12.7. The molecule has 0 N–H and O–H groups in total. The Bertz CT molecular complexity index is 788. The Kier molecular flexibility index (Phi) is 4.13. The Morgan fingerprint density at radius 2 is 1.71 bits per heavy atom. The van der Waals surface area contributed by atoms with Gasteiger partial charge in [-0.05, 0) is 52.9 Å². The quantitative estimate of drug-likeness (QED) is 0.734. The van der Waals surface area contributed by atoms with Gasteiger partial charge in [-0.1, -0.05) is 12.1 Å². The van der Waals surface area contributed by atoms with Crippen molar-refractivity contribution in [3.63, 3.8) is 0 Å². The number of nitrogens with zero attached hydrogens (tertiary/aromatic N) is 4. The van der Waals surface area contributed by atoms with E-state index in [1.807, 2.05) is 29.2 Å². The van der Waals surface area contributed by atoms with Crippen LogP contribution < -0.4 is 0 Å². The highest BCUT2D eigenvalue weighted by Crippen LogP contribution is 2.24. The third-order valence-electron chi connectivity index (χ3n) is 4.50. The number of rotatable bonds is 3. The summed E-state index contributed by atoms with van der Waals surface area (Å²) in [5.41, 5.74) is 3.10. The fourth-order valence-electron chi connectivity index (χ4n) is 3.13. The maximum Gasteiger partial charge on any atom is 0.253 e. The lowest BCUT2D eigenvalue weighted by Gasteiger charge is -2.31. The number of amides is 1. The topological polar surface area (TPSA) is 51.0 Å². The third-order valence-corrected chi connectivity index (χ3v) is 5.18. The minimum absolute atomic E-state index is 0.110. The van der Waals surface area contributed by atoms with Crippen LogP contribution in [0.3, 0.4) is 0 Å². The zero-order valence-corrected chi connectivity index (χ0v) is 14.0. The Morgan fingerprint density at radius 3 is 2.33 bits per heavy atom. The van der Waals surface area contributed by atoms with Gasteiger partial charge in [0.25, 0.3) is 5.91 Å². The Morgan fingerprint density at radius 1 is 1.00 bits per heavy atom. The summed E-state index contributed by atoms with van der Waals surface area (Å²) < 4.78 is 0. The Hall–Kier alpha value is -2.47. The van der Waals surface area contributed by atoms with E-state index in [4.69, 9.17) is 0 Å². The Balaban J connectivity index is 1.41. The molecule has 1 aliphatic heterocycles. The molecule has 4 rings (SSSR count). The molecule has 3 heterocycles. The molecule has 5 nitrogen and oxygen atoms in total. The van der Waals surface area contributed by atoms with E-state index >= 15 is 0 Å². The van der Waals surface area contributed by atoms with Crippen LogP contribution in [0, 0.1) is 0 Å². The molecular formula is C18H18N4OS. The van der Waals surface area contributed by atoms with Crippen LogP contribution in [-0.4, -0.2) is 38.9 Å². The first-order valence-electron chi connectivity index (χ1n) is 8.09. The highest BCUT2D eigenvalue weighted by atomic mass is 32.1. The summed E-state index contributed by atoms with van der Waals surface area (Å²) >= 11 is 1.68. The smallest absolute Gasteiger partial charge is 0.253 e. The van der Waals surface area contributed by atoms with E-state index in [2.05, 4.69) is 27.0 Å². The zero-order chi connectivity index (χ0) is 16.4. The molecule has 0 radical (unpaired) electrons. The molecule has 6 heteroatoms. The first-order valence-corrected chi connectivity index (χ1v) is 9.03. The molecule has 3 aromatic rings.